The second-order valence-corrected chi connectivity index (χ2v) is 17.0. The third-order valence-corrected chi connectivity index (χ3v) is 12.3. The number of hydrogen-bond donors (Lipinski definition) is 3. The first-order valence-electron chi connectivity index (χ1n) is 22.2. The molecule has 0 saturated carbocycles. The third-order valence-electron chi connectivity index (χ3n) is 12.3. The van der Waals surface area contributed by atoms with Gasteiger partial charge in [-0.15, -0.1) is 0 Å². The molecule has 6 rings (SSSR count). The number of nitrogens with one attached hydrogen (secondary N) is 2. The summed E-state index contributed by atoms with van der Waals surface area (Å²) in [6, 6.07) is 12.9. The van der Waals surface area contributed by atoms with Gasteiger partial charge in [0, 0.05) is 101 Å². The predicted octanol–water partition coefficient (Wildman–Crippen LogP) is 6.23. The van der Waals surface area contributed by atoms with Crippen LogP contribution in [0.3, 0.4) is 0 Å². The van der Waals surface area contributed by atoms with Gasteiger partial charge >= 0.3 is 5.97 Å². The number of likely N-dealkylation sites (tertiary alicyclic amines) is 1. The number of rotatable bonds is 21. The summed E-state index contributed by atoms with van der Waals surface area (Å²) >= 11 is 0. The van der Waals surface area contributed by atoms with Gasteiger partial charge < -0.3 is 30.4 Å². The summed E-state index contributed by atoms with van der Waals surface area (Å²) in [5.41, 5.74) is 7.29. The van der Waals surface area contributed by atoms with Crippen molar-refractivity contribution in [1.29, 1.82) is 0 Å². The van der Waals surface area contributed by atoms with E-state index in [0.717, 1.165) is 111 Å². The Bertz CT molecular complexity index is 1900. The molecule has 0 bridgehead atoms. The lowest BCUT2D eigenvalue weighted by Crippen LogP contribution is -2.48. The number of benzene rings is 1. The molecule has 2 aromatic heterocycles. The molecule has 0 spiro atoms. The van der Waals surface area contributed by atoms with Gasteiger partial charge in [-0.3, -0.25) is 19.2 Å². The summed E-state index contributed by atoms with van der Waals surface area (Å²) in [6.07, 6.45) is 10.4. The van der Waals surface area contributed by atoms with Crippen molar-refractivity contribution in [3.05, 3.63) is 64.6 Å². The summed E-state index contributed by atoms with van der Waals surface area (Å²) in [5.74, 6) is 0.897. The molecular weight excluding hydrogens is 745 g/mol. The van der Waals surface area contributed by atoms with Gasteiger partial charge in [-0.25, -0.2) is 9.67 Å². The maximum Gasteiger partial charge on any atom is 0.304 e. The molecule has 2 saturated heterocycles. The van der Waals surface area contributed by atoms with Gasteiger partial charge in [0.15, 0.2) is 0 Å². The number of anilines is 2. The number of carboxylic acid groups (broad SMARTS) is 1. The fourth-order valence-electron chi connectivity index (χ4n) is 8.92. The number of amides is 2. The highest BCUT2D eigenvalue weighted by atomic mass is 16.4. The number of aryl methyl sites for hydroxylation is 4. The SMILES string of the molecule is CCC(=O)CCCCCNC(=O)CCCC(=O)N1CCN(c2cc(C(CC(=O)O)CN3CCC(CCc4ccc5c(n4)NCCC5)C3)cc(-n3nc(C)cc3C)c2)CC1. The fraction of sp³-hybridized carbons (Fsp3) is 0.609. The van der Waals surface area contributed by atoms with Gasteiger partial charge in [-0.2, -0.15) is 5.10 Å². The molecule has 2 unspecified atom stereocenters. The van der Waals surface area contributed by atoms with E-state index in [-0.39, 0.29) is 29.9 Å². The Morgan fingerprint density at radius 2 is 1.75 bits per heavy atom. The number of ketones is 1. The van der Waals surface area contributed by atoms with E-state index in [1.807, 2.05) is 30.4 Å². The molecule has 0 aliphatic carbocycles. The number of aliphatic carboxylic acids is 1. The Kier molecular flexibility index (Phi) is 15.9. The zero-order valence-electron chi connectivity index (χ0n) is 35.6. The predicted molar refractivity (Wildman–Crippen MR) is 231 cm³/mol. The van der Waals surface area contributed by atoms with Crippen LogP contribution >= 0.6 is 0 Å². The highest BCUT2D eigenvalue weighted by Gasteiger charge is 2.29. The Morgan fingerprint density at radius 1 is 0.932 bits per heavy atom. The molecule has 3 N–H and O–H groups in total. The van der Waals surface area contributed by atoms with Crippen molar-refractivity contribution in [2.24, 2.45) is 5.92 Å². The van der Waals surface area contributed by atoms with E-state index in [4.69, 9.17) is 10.1 Å². The van der Waals surface area contributed by atoms with Crippen LogP contribution in [-0.4, -0.2) is 112 Å². The van der Waals surface area contributed by atoms with Crippen molar-refractivity contribution >= 4 is 35.1 Å². The van der Waals surface area contributed by atoms with E-state index in [2.05, 4.69) is 56.8 Å². The molecule has 5 heterocycles. The molecule has 0 radical (unpaired) electrons. The number of carbonyl (C=O) groups excluding carboxylic acids is 3. The topological polar surface area (TPSA) is 153 Å². The Balaban J connectivity index is 1.04. The summed E-state index contributed by atoms with van der Waals surface area (Å²) in [4.78, 5) is 60.9. The monoisotopic (exact) mass is 811 g/mol. The van der Waals surface area contributed by atoms with Crippen molar-refractivity contribution in [3.8, 4) is 5.69 Å². The lowest BCUT2D eigenvalue weighted by molar-refractivity contribution is -0.137. The van der Waals surface area contributed by atoms with E-state index in [9.17, 15) is 24.3 Å². The zero-order valence-corrected chi connectivity index (χ0v) is 35.6. The number of fused-ring (bicyclic) bond motifs is 1. The van der Waals surface area contributed by atoms with Gasteiger partial charge in [0.2, 0.25) is 11.8 Å². The first-order chi connectivity index (χ1) is 28.5. The number of Topliss-reactive ketones (excluding diaryl/α,β-unsaturated/α-hetero) is 1. The van der Waals surface area contributed by atoms with Crippen LogP contribution in [0.1, 0.15) is 118 Å². The molecule has 59 heavy (non-hydrogen) atoms. The van der Waals surface area contributed by atoms with Crippen LogP contribution in [0.15, 0.2) is 36.4 Å². The van der Waals surface area contributed by atoms with Crippen LogP contribution in [0.2, 0.25) is 0 Å². The van der Waals surface area contributed by atoms with E-state index in [1.54, 1.807) is 0 Å². The van der Waals surface area contributed by atoms with Gasteiger partial charge in [-0.05, 0) is 119 Å². The number of piperazine rings is 1. The molecule has 13 heteroatoms. The molecular formula is C46H66N8O5. The van der Waals surface area contributed by atoms with Gasteiger partial charge in [-0.1, -0.05) is 19.4 Å². The molecule has 3 aliphatic rings. The van der Waals surface area contributed by atoms with Gasteiger partial charge in [0.1, 0.15) is 11.6 Å². The average molecular weight is 811 g/mol. The van der Waals surface area contributed by atoms with Crippen molar-refractivity contribution < 1.29 is 24.3 Å². The first-order valence-corrected chi connectivity index (χ1v) is 22.2. The minimum Gasteiger partial charge on any atom is -0.481 e. The number of nitrogens with zero attached hydrogens (tertiary/aromatic N) is 6. The maximum absolute atomic E-state index is 13.2. The Hall–Kier alpha value is -4.78. The minimum atomic E-state index is -0.808. The zero-order chi connectivity index (χ0) is 41.7. The van der Waals surface area contributed by atoms with Crippen LogP contribution in [-0.2, 0) is 32.0 Å². The Morgan fingerprint density at radius 3 is 2.51 bits per heavy atom. The second-order valence-electron chi connectivity index (χ2n) is 17.0. The van der Waals surface area contributed by atoms with E-state index < -0.39 is 5.97 Å². The number of pyridine rings is 1. The molecule has 13 nitrogen and oxygen atoms in total. The van der Waals surface area contributed by atoms with Crippen LogP contribution in [0, 0.1) is 19.8 Å². The minimum absolute atomic E-state index is 0.0347. The largest absolute Gasteiger partial charge is 0.481 e. The van der Waals surface area contributed by atoms with Gasteiger partial charge in [0.25, 0.3) is 0 Å². The molecule has 2 fully saturated rings. The van der Waals surface area contributed by atoms with Crippen molar-refractivity contribution in [2.45, 2.75) is 117 Å². The number of hydrogen-bond acceptors (Lipinski definition) is 9. The quantitative estimate of drug-likeness (QED) is 0.106. The molecule has 2 atom stereocenters. The lowest BCUT2D eigenvalue weighted by Gasteiger charge is -2.37. The van der Waals surface area contributed by atoms with Crippen LogP contribution in [0.25, 0.3) is 5.69 Å². The number of aromatic nitrogens is 3. The third kappa shape index (κ3) is 12.9. The molecule has 3 aromatic rings. The lowest BCUT2D eigenvalue weighted by atomic mass is 9.93. The van der Waals surface area contributed by atoms with Crippen molar-refractivity contribution in [2.75, 3.05) is 69.1 Å². The van der Waals surface area contributed by atoms with Gasteiger partial charge in [0.05, 0.1) is 17.8 Å². The maximum atomic E-state index is 13.2. The molecule has 320 valence electrons. The molecule has 2 amide bonds. The summed E-state index contributed by atoms with van der Waals surface area (Å²) in [7, 11) is 0. The number of carboxylic acids is 1. The normalized spacial score (nSPS) is 17.4. The summed E-state index contributed by atoms with van der Waals surface area (Å²) in [6.45, 7) is 12.5. The van der Waals surface area contributed by atoms with E-state index in [0.29, 0.717) is 77.3 Å². The van der Waals surface area contributed by atoms with E-state index in [1.165, 1.54) is 5.56 Å². The van der Waals surface area contributed by atoms with Crippen LogP contribution < -0.4 is 15.5 Å². The highest BCUT2D eigenvalue weighted by molar-refractivity contribution is 5.79. The molecule has 1 aromatic carbocycles. The van der Waals surface area contributed by atoms with Crippen molar-refractivity contribution in [3.63, 3.8) is 0 Å². The van der Waals surface area contributed by atoms with E-state index >= 15 is 0 Å². The van der Waals surface area contributed by atoms with Crippen LogP contribution in [0.5, 0.6) is 0 Å². The second kappa shape index (κ2) is 21.5. The summed E-state index contributed by atoms with van der Waals surface area (Å²) in [5, 5.41) is 21.3. The highest BCUT2D eigenvalue weighted by Crippen LogP contribution is 2.33. The number of unbranched alkanes of at least 4 members (excludes halogenated alkanes) is 2. The van der Waals surface area contributed by atoms with Crippen LogP contribution in [0.4, 0.5) is 11.5 Å². The number of carbonyl (C=O) groups is 4. The molecule has 3 aliphatic heterocycles. The average Bonchev–Trinajstić information content (AvgIpc) is 3.84. The Labute approximate surface area is 350 Å². The summed E-state index contributed by atoms with van der Waals surface area (Å²) < 4.78 is 1.95. The van der Waals surface area contributed by atoms with Crippen molar-refractivity contribution in [1.82, 2.24) is 29.9 Å². The fourth-order valence-corrected chi connectivity index (χ4v) is 8.92. The first kappa shape index (κ1) is 43.8. The standard InChI is InChI=1S/C46H66N8O5/c1-4-42(55)11-6-5-7-19-47-43(56)12-8-13-44(57)53-24-22-52(23-25-53)40-27-37(28-41(30-40)54-34(3)26-33(2)50-54)38(29-45(58)59)32-51-21-18-35(31-51)14-16-39-17-15-36-10-9-20-48-46(36)49-39/h15,17,26-28,30,35,38H,4-14,16,18-25,29,31-32H2,1-3H3,(H,47,56)(H,48,49)(H,58,59). The smallest absolute Gasteiger partial charge is 0.304 e.